The van der Waals surface area contributed by atoms with Crippen molar-refractivity contribution < 1.29 is 13.6 Å². The van der Waals surface area contributed by atoms with Gasteiger partial charge in [0.2, 0.25) is 0 Å². The molecule has 0 atom stereocenters. The second-order valence-corrected chi connectivity index (χ2v) is 4.17. The quantitative estimate of drug-likeness (QED) is 0.776. The van der Waals surface area contributed by atoms with Gasteiger partial charge in [-0.1, -0.05) is 24.3 Å². The number of benzene rings is 2. The predicted octanol–water partition coefficient (Wildman–Crippen LogP) is 3.80. The van der Waals surface area contributed by atoms with Crippen LogP contribution in [0.1, 0.15) is 10.4 Å². The average molecular weight is 273 g/mol. The summed E-state index contributed by atoms with van der Waals surface area (Å²) in [6.07, 6.45) is 1.57. The number of halogens is 2. The summed E-state index contributed by atoms with van der Waals surface area (Å²) >= 11 is 0. The van der Waals surface area contributed by atoms with Crippen LogP contribution in [0.3, 0.4) is 0 Å². The maximum absolute atomic E-state index is 13.2. The minimum atomic E-state index is -1.04. The Balaban J connectivity index is 2.36. The van der Waals surface area contributed by atoms with E-state index >= 15 is 0 Å². The first kappa shape index (κ1) is 13.9. The lowest BCUT2D eigenvalue weighted by atomic mass is 10.1. The highest BCUT2D eigenvalue weighted by Crippen LogP contribution is 2.18. The van der Waals surface area contributed by atoms with E-state index < -0.39 is 17.5 Å². The number of carbonyl (C=O) groups excluding carboxylic acids is 1. The smallest absolute Gasteiger partial charge is 0.258 e. The summed E-state index contributed by atoms with van der Waals surface area (Å²) in [5.74, 6) is -2.42. The number of hydrogen-bond acceptors (Lipinski definition) is 1. The van der Waals surface area contributed by atoms with Gasteiger partial charge in [0.1, 0.15) is 0 Å². The molecule has 0 heterocycles. The molecule has 0 spiro atoms. The van der Waals surface area contributed by atoms with Crippen LogP contribution < -0.4 is 4.90 Å². The average Bonchev–Trinajstić information content (AvgIpc) is 2.48. The molecule has 2 rings (SSSR count). The zero-order chi connectivity index (χ0) is 14.5. The van der Waals surface area contributed by atoms with Gasteiger partial charge in [-0.25, -0.2) is 8.78 Å². The van der Waals surface area contributed by atoms with E-state index in [1.807, 2.05) is 6.07 Å². The molecule has 20 heavy (non-hydrogen) atoms. The number of anilines is 1. The van der Waals surface area contributed by atoms with Crippen LogP contribution in [-0.4, -0.2) is 12.5 Å². The number of carbonyl (C=O) groups is 1. The summed E-state index contributed by atoms with van der Waals surface area (Å²) < 4.78 is 26.1. The SMILES string of the molecule is C=CCN(C(=O)c1ccc(F)c(F)c1)c1ccccc1. The Labute approximate surface area is 116 Å². The molecule has 2 aromatic rings. The van der Waals surface area contributed by atoms with E-state index in [0.717, 1.165) is 12.1 Å². The third kappa shape index (κ3) is 2.91. The number of para-hydroxylation sites is 1. The normalized spacial score (nSPS) is 10.1. The number of hydrogen-bond donors (Lipinski definition) is 0. The Morgan fingerprint density at radius 2 is 1.80 bits per heavy atom. The molecule has 0 saturated carbocycles. The molecule has 0 saturated heterocycles. The van der Waals surface area contributed by atoms with Crippen LogP contribution in [0.4, 0.5) is 14.5 Å². The molecular weight excluding hydrogens is 260 g/mol. The van der Waals surface area contributed by atoms with E-state index in [0.29, 0.717) is 5.69 Å². The Morgan fingerprint density at radius 1 is 1.10 bits per heavy atom. The molecule has 0 aliphatic heterocycles. The fourth-order valence-electron chi connectivity index (χ4n) is 1.83. The van der Waals surface area contributed by atoms with Gasteiger partial charge in [0.05, 0.1) is 0 Å². The molecular formula is C16H13F2NO. The van der Waals surface area contributed by atoms with Gasteiger partial charge in [-0.2, -0.15) is 0 Å². The van der Waals surface area contributed by atoms with Gasteiger partial charge < -0.3 is 4.90 Å². The molecule has 0 N–H and O–H groups in total. The highest BCUT2D eigenvalue weighted by Gasteiger charge is 2.17. The number of amides is 1. The number of nitrogens with zero attached hydrogens (tertiary/aromatic N) is 1. The maximum atomic E-state index is 13.2. The molecule has 4 heteroatoms. The minimum Gasteiger partial charge on any atom is -0.305 e. The van der Waals surface area contributed by atoms with Crippen LogP contribution in [0.2, 0.25) is 0 Å². The Hall–Kier alpha value is -2.49. The van der Waals surface area contributed by atoms with Crippen molar-refractivity contribution in [3.05, 3.63) is 78.4 Å². The van der Waals surface area contributed by atoms with Crippen molar-refractivity contribution in [1.82, 2.24) is 0 Å². The minimum absolute atomic E-state index is 0.0922. The van der Waals surface area contributed by atoms with E-state index in [4.69, 9.17) is 0 Å². The third-order valence-electron chi connectivity index (χ3n) is 2.79. The van der Waals surface area contributed by atoms with Crippen LogP contribution in [0.5, 0.6) is 0 Å². The molecule has 0 radical (unpaired) electrons. The summed E-state index contributed by atoms with van der Waals surface area (Å²) in [4.78, 5) is 13.8. The van der Waals surface area contributed by atoms with E-state index in [1.54, 1.807) is 30.3 Å². The van der Waals surface area contributed by atoms with E-state index in [-0.39, 0.29) is 12.1 Å². The van der Waals surface area contributed by atoms with Crippen molar-refractivity contribution in [2.45, 2.75) is 0 Å². The fraction of sp³-hybridized carbons (Fsp3) is 0.0625. The second kappa shape index (κ2) is 6.10. The molecule has 0 bridgehead atoms. The molecule has 0 aromatic heterocycles. The first-order chi connectivity index (χ1) is 9.63. The van der Waals surface area contributed by atoms with E-state index in [1.165, 1.54) is 11.0 Å². The van der Waals surface area contributed by atoms with Crippen molar-refractivity contribution in [3.8, 4) is 0 Å². The van der Waals surface area contributed by atoms with Crippen molar-refractivity contribution in [2.24, 2.45) is 0 Å². The largest absolute Gasteiger partial charge is 0.305 e. The van der Waals surface area contributed by atoms with Crippen LogP contribution in [-0.2, 0) is 0 Å². The first-order valence-corrected chi connectivity index (χ1v) is 6.06. The molecule has 0 unspecified atom stereocenters. The summed E-state index contributed by atoms with van der Waals surface area (Å²) in [7, 11) is 0. The van der Waals surface area contributed by atoms with Gasteiger partial charge in [-0.15, -0.1) is 6.58 Å². The molecule has 2 nitrogen and oxygen atoms in total. The maximum Gasteiger partial charge on any atom is 0.258 e. The standard InChI is InChI=1S/C16H13F2NO/c1-2-10-19(13-6-4-3-5-7-13)16(20)12-8-9-14(17)15(18)11-12/h2-9,11H,1,10H2. The van der Waals surface area contributed by atoms with Crippen LogP contribution in [0.25, 0.3) is 0 Å². The van der Waals surface area contributed by atoms with Crippen molar-refractivity contribution in [2.75, 3.05) is 11.4 Å². The van der Waals surface area contributed by atoms with Crippen molar-refractivity contribution >= 4 is 11.6 Å². The van der Waals surface area contributed by atoms with Crippen LogP contribution in [0.15, 0.2) is 61.2 Å². The molecule has 0 aliphatic rings. The lowest BCUT2D eigenvalue weighted by Gasteiger charge is -2.21. The highest BCUT2D eigenvalue weighted by molar-refractivity contribution is 6.06. The summed E-state index contributed by atoms with van der Waals surface area (Å²) in [6, 6.07) is 12.1. The van der Waals surface area contributed by atoms with Crippen LogP contribution >= 0.6 is 0 Å². The first-order valence-electron chi connectivity index (χ1n) is 6.06. The van der Waals surface area contributed by atoms with Gasteiger partial charge in [0, 0.05) is 17.8 Å². The Kier molecular flexibility index (Phi) is 4.25. The monoisotopic (exact) mass is 273 g/mol. The third-order valence-corrected chi connectivity index (χ3v) is 2.79. The van der Waals surface area contributed by atoms with Gasteiger partial charge in [0.15, 0.2) is 11.6 Å². The number of rotatable bonds is 4. The summed E-state index contributed by atoms with van der Waals surface area (Å²) in [5, 5.41) is 0. The molecule has 2 aromatic carbocycles. The zero-order valence-electron chi connectivity index (χ0n) is 10.7. The molecule has 0 aliphatic carbocycles. The highest BCUT2D eigenvalue weighted by atomic mass is 19.2. The van der Waals surface area contributed by atoms with Crippen LogP contribution in [0, 0.1) is 11.6 Å². The Morgan fingerprint density at radius 3 is 2.40 bits per heavy atom. The van der Waals surface area contributed by atoms with Gasteiger partial charge >= 0.3 is 0 Å². The predicted molar refractivity (Wildman–Crippen MR) is 74.7 cm³/mol. The lowest BCUT2D eigenvalue weighted by Crippen LogP contribution is -2.31. The van der Waals surface area contributed by atoms with E-state index in [9.17, 15) is 13.6 Å². The second-order valence-electron chi connectivity index (χ2n) is 4.17. The van der Waals surface area contributed by atoms with Gasteiger partial charge in [-0.3, -0.25) is 4.79 Å². The molecule has 0 fully saturated rings. The zero-order valence-corrected chi connectivity index (χ0v) is 10.7. The topological polar surface area (TPSA) is 20.3 Å². The van der Waals surface area contributed by atoms with E-state index in [2.05, 4.69) is 6.58 Å². The lowest BCUT2D eigenvalue weighted by molar-refractivity contribution is 0.0989. The fourth-order valence-corrected chi connectivity index (χ4v) is 1.83. The van der Waals surface area contributed by atoms with Gasteiger partial charge in [0.25, 0.3) is 5.91 Å². The van der Waals surface area contributed by atoms with Gasteiger partial charge in [-0.05, 0) is 30.3 Å². The molecule has 102 valence electrons. The van der Waals surface area contributed by atoms with Crippen molar-refractivity contribution in [3.63, 3.8) is 0 Å². The summed E-state index contributed by atoms with van der Waals surface area (Å²) in [6.45, 7) is 3.89. The molecule has 1 amide bonds. The Bertz CT molecular complexity index is 626. The summed E-state index contributed by atoms with van der Waals surface area (Å²) in [5.41, 5.74) is 0.761. The van der Waals surface area contributed by atoms with Crippen molar-refractivity contribution in [1.29, 1.82) is 0 Å².